The predicted octanol–water partition coefficient (Wildman–Crippen LogP) is 2.38. The number of aromatic amines is 1. The summed E-state index contributed by atoms with van der Waals surface area (Å²) in [5.74, 6) is -0.315. The Balaban J connectivity index is 1.49. The van der Waals surface area contributed by atoms with E-state index in [0.717, 1.165) is 48.9 Å². The second-order valence-electron chi connectivity index (χ2n) is 11.2. The first-order valence-electron chi connectivity index (χ1n) is 13.6. The molecule has 1 unspecified atom stereocenters. The van der Waals surface area contributed by atoms with E-state index in [-0.39, 0.29) is 12.5 Å². The number of piperazine rings is 1. The molecule has 3 aromatic rings. The SMILES string of the molecule is Cc1cc(C)cc(-c2[nH]c3sc(C(C)(C)C(N)=O)cc3c2CCN2CCN(CC(O)CNCCO)CC2)c1. The summed E-state index contributed by atoms with van der Waals surface area (Å²) in [5.41, 5.74) is 11.2. The van der Waals surface area contributed by atoms with Crippen LogP contribution in [0.5, 0.6) is 0 Å². The maximum Gasteiger partial charge on any atom is 0.228 e. The van der Waals surface area contributed by atoms with Crippen LogP contribution in [-0.2, 0) is 16.6 Å². The van der Waals surface area contributed by atoms with Crippen LogP contribution in [0.15, 0.2) is 24.3 Å². The molecular formula is C29H43N5O3S. The summed E-state index contributed by atoms with van der Waals surface area (Å²) in [5, 5.41) is 23.4. The number of aliphatic hydroxyl groups excluding tert-OH is 2. The Morgan fingerprint density at radius 2 is 1.79 bits per heavy atom. The van der Waals surface area contributed by atoms with Gasteiger partial charge in [-0.3, -0.25) is 9.69 Å². The Hall–Kier alpha value is -2.27. The first-order valence-corrected chi connectivity index (χ1v) is 14.4. The number of aryl methyl sites for hydroxylation is 2. The number of nitrogens with zero attached hydrogens (tertiary/aromatic N) is 2. The summed E-state index contributed by atoms with van der Waals surface area (Å²) in [6, 6.07) is 8.83. The number of carbonyl (C=O) groups is 1. The second kappa shape index (κ2) is 12.3. The van der Waals surface area contributed by atoms with Gasteiger partial charge in [-0.25, -0.2) is 0 Å². The molecule has 208 valence electrons. The molecule has 4 rings (SSSR count). The van der Waals surface area contributed by atoms with Gasteiger partial charge in [-0.1, -0.05) is 17.2 Å². The average molecular weight is 542 g/mol. The molecule has 1 saturated heterocycles. The van der Waals surface area contributed by atoms with Gasteiger partial charge in [0.2, 0.25) is 5.91 Å². The number of amides is 1. The van der Waals surface area contributed by atoms with Crippen LogP contribution < -0.4 is 11.1 Å². The van der Waals surface area contributed by atoms with Crippen molar-refractivity contribution in [3.63, 3.8) is 0 Å². The Morgan fingerprint density at radius 3 is 2.42 bits per heavy atom. The number of hydrogen-bond donors (Lipinski definition) is 5. The number of H-pyrrole nitrogens is 1. The predicted molar refractivity (Wildman–Crippen MR) is 156 cm³/mol. The average Bonchev–Trinajstić information content (AvgIpc) is 3.42. The van der Waals surface area contributed by atoms with Gasteiger partial charge >= 0.3 is 0 Å². The minimum atomic E-state index is -0.712. The van der Waals surface area contributed by atoms with E-state index in [0.29, 0.717) is 19.6 Å². The lowest BCUT2D eigenvalue weighted by Gasteiger charge is -2.35. The Labute approximate surface area is 229 Å². The van der Waals surface area contributed by atoms with E-state index in [1.54, 1.807) is 11.3 Å². The maximum absolute atomic E-state index is 12.1. The molecular weight excluding hydrogens is 498 g/mol. The molecule has 1 aliphatic heterocycles. The number of β-amino-alcohol motifs (C(OH)–C–C–N with tert-alkyl or cyclic N) is 1. The third-order valence-corrected chi connectivity index (χ3v) is 8.99. The molecule has 0 bridgehead atoms. The van der Waals surface area contributed by atoms with Crippen LogP contribution in [0.25, 0.3) is 21.5 Å². The zero-order valence-electron chi connectivity index (χ0n) is 23.1. The molecule has 0 radical (unpaired) electrons. The monoisotopic (exact) mass is 541 g/mol. The molecule has 3 heterocycles. The van der Waals surface area contributed by atoms with Crippen molar-refractivity contribution in [2.75, 3.05) is 59.0 Å². The number of rotatable bonds is 12. The minimum absolute atomic E-state index is 0.0830. The molecule has 9 heteroatoms. The number of nitrogens with two attached hydrogens (primary N) is 1. The van der Waals surface area contributed by atoms with Crippen molar-refractivity contribution < 1.29 is 15.0 Å². The van der Waals surface area contributed by atoms with Crippen LogP contribution in [0.2, 0.25) is 0 Å². The lowest BCUT2D eigenvalue weighted by atomic mass is 9.90. The van der Waals surface area contributed by atoms with Crippen LogP contribution in [-0.4, -0.2) is 96.0 Å². The van der Waals surface area contributed by atoms with E-state index < -0.39 is 11.5 Å². The first kappa shape index (κ1) is 28.7. The second-order valence-corrected chi connectivity index (χ2v) is 12.2. The van der Waals surface area contributed by atoms with Gasteiger partial charge in [0.15, 0.2) is 0 Å². The van der Waals surface area contributed by atoms with E-state index in [1.165, 1.54) is 33.3 Å². The highest BCUT2D eigenvalue weighted by atomic mass is 32.1. The third kappa shape index (κ3) is 6.65. The quantitative estimate of drug-likeness (QED) is 0.225. The van der Waals surface area contributed by atoms with Crippen molar-refractivity contribution in [1.82, 2.24) is 20.1 Å². The number of carbonyl (C=O) groups excluding carboxylic acids is 1. The molecule has 6 N–H and O–H groups in total. The van der Waals surface area contributed by atoms with Crippen molar-refractivity contribution in [3.05, 3.63) is 45.8 Å². The normalized spacial score (nSPS) is 16.4. The summed E-state index contributed by atoms with van der Waals surface area (Å²) in [6.07, 6.45) is 0.474. The fourth-order valence-electron chi connectivity index (χ4n) is 5.26. The molecule has 1 fully saturated rings. The molecule has 1 amide bonds. The van der Waals surface area contributed by atoms with Crippen LogP contribution in [0.3, 0.4) is 0 Å². The zero-order chi connectivity index (χ0) is 27.4. The summed E-state index contributed by atoms with van der Waals surface area (Å²) in [6.45, 7) is 14.5. The van der Waals surface area contributed by atoms with Crippen LogP contribution >= 0.6 is 11.3 Å². The number of aromatic nitrogens is 1. The third-order valence-electron chi connectivity index (χ3n) is 7.62. The van der Waals surface area contributed by atoms with E-state index in [1.807, 2.05) is 13.8 Å². The van der Waals surface area contributed by atoms with Crippen molar-refractivity contribution >= 4 is 27.5 Å². The topological polar surface area (TPSA) is 118 Å². The van der Waals surface area contributed by atoms with Crippen LogP contribution in [0.1, 0.15) is 35.4 Å². The van der Waals surface area contributed by atoms with Gasteiger partial charge in [0.25, 0.3) is 0 Å². The van der Waals surface area contributed by atoms with Crippen molar-refractivity contribution in [2.45, 2.75) is 45.6 Å². The van der Waals surface area contributed by atoms with Gasteiger partial charge in [-0.05, 0) is 63.4 Å². The number of aliphatic hydroxyl groups is 2. The lowest BCUT2D eigenvalue weighted by molar-refractivity contribution is -0.122. The fourth-order valence-corrected chi connectivity index (χ4v) is 6.46. The molecule has 8 nitrogen and oxygen atoms in total. The van der Waals surface area contributed by atoms with Gasteiger partial charge in [0.05, 0.1) is 23.8 Å². The first-order chi connectivity index (χ1) is 18.1. The highest BCUT2D eigenvalue weighted by Gasteiger charge is 2.31. The minimum Gasteiger partial charge on any atom is -0.395 e. The van der Waals surface area contributed by atoms with Gasteiger partial charge in [-0.2, -0.15) is 0 Å². The largest absolute Gasteiger partial charge is 0.395 e. The van der Waals surface area contributed by atoms with E-state index in [9.17, 15) is 9.90 Å². The van der Waals surface area contributed by atoms with Gasteiger partial charge < -0.3 is 31.1 Å². The highest BCUT2D eigenvalue weighted by molar-refractivity contribution is 7.19. The number of thiophene rings is 1. The van der Waals surface area contributed by atoms with Gasteiger partial charge in [-0.15, -0.1) is 11.3 Å². The Bertz CT molecular complexity index is 1220. The van der Waals surface area contributed by atoms with Crippen LogP contribution in [0, 0.1) is 13.8 Å². The summed E-state index contributed by atoms with van der Waals surface area (Å²) >= 11 is 1.63. The molecule has 38 heavy (non-hydrogen) atoms. The summed E-state index contributed by atoms with van der Waals surface area (Å²) < 4.78 is 0. The summed E-state index contributed by atoms with van der Waals surface area (Å²) in [4.78, 5) is 22.7. The molecule has 1 atom stereocenters. The molecule has 0 aliphatic carbocycles. The van der Waals surface area contributed by atoms with Gasteiger partial charge in [0.1, 0.15) is 4.83 Å². The number of hydrogen-bond acceptors (Lipinski definition) is 7. The smallest absolute Gasteiger partial charge is 0.228 e. The molecule has 0 spiro atoms. The zero-order valence-corrected chi connectivity index (χ0v) is 24.0. The highest BCUT2D eigenvalue weighted by Crippen LogP contribution is 2.40. The molecule has 0 saturated carbocycles. The maximum atomic E-state index is 12.1. The van der Waals surface area contributed by atoms with Gasteiger partial charge in [0, 0.05) is 62.6 Å². The van der Waals surface area contributed by atoms with E-state index in [2.05, 4.69) is 58.2 Å². The lowest BCUT2D eigenvalue weighted by Crippen LogP contribution is -2.50. The van der Waals surface area contributed by atoms with Crippen molar-refractivity contribution in [1.29, 1.82) is 0 Å². The van der Waals surface area contributed by atoms with Crippen molar-refractivity contribution in [3.8, 4) is 11.3 Å². The molecule has 1 aliphatic rings. The number of nitrogens with one attached hydrogen (secondary N) is 2. The number of primary amides is 1. The van der Waals surface area contributed by atoms with Crippen molar-refractivity contribution in [2.24, 2.45) is 5.73 Å². The Morgan fingerprint density at radius 1 is 1.13 bits per heavy atom. The standard InChI is InChI=1S/C29H43N5O3S/c1-19-13-20(2)15-21(14-19)26-23(24-16-25(38-27(24)32-26)29(3,4)28(30)37)5-7-33-8-10-34(11-9-33)18-22(36)17-31-6-12-35/h13-16,22,31-32,35-36H,5-12,17-18H2,1-4H3,(H2,30,37). The number of benzene rings is 1. The number of fused-ring (bicyclic) bond motifs is 1. The fraction of sp³-hybridized carbons (Fsp3) is 0.552. The summed E-state index contributed by atoms with van der Waals surface area (Å²) in [7, 11) is 0. The molecule has 1 aromatic carbocycles. The van der Waals surface area contributed by atoms with E-state index in [4.69, 9.17) is 10.8 Å². The van der Waals surface area contributed by atoms with E-state index >= 15 is 0 Å². The Kier molecular flexibility index (Phi) is 9.28. The van der Waals surface area contributed by atoms with Crippen LogP contribution in [0.4, 0.5) is 0 Å². The molecule has 2 aromatic heterocycles.